The van der Waals surface area contributed by atoms with Crippen LogP contribution in [0.15, 0.2) is 78.0 Å². The van der Waals surface area contributed by atoms with Gasteiger partial charge in [0.1, 0.15) is 11.5 Å². The van der Waals surface area contributed by atoms with E-state index in [1.807, 2.05) is 65.1 Å². The first-order valence-electron chi connectivity index (χ1n) is 11.0. The minimum Gasteiger partial charge on any atom is -0.457 e. The van der Waals surface area contributed by atoms with Crippen molar-refractivity contribution in [2.45, 2.75) is 25.9 Å². The van der Waals surface area contributed by atoms with Crippen LogP contribution in [0.4, 0.5) is 5.69 Å². The highest BCUT2D eigenvalue weighted by molar-refractivity contribution is 7.99. The summed E-state index contributed by atoms with van der Waals surface area (Å²) in [4.78, 5) is 12.6. The minimum atomic E-state index is -0.109. The normalized spacial score (nSPS) is 11.1. The summed E-state index contributed by atoms with van der Waals surface area (Å²) in [5.74, 6) is 1.59. The molecule has 34 heavy (non-hydrogen) atoms. The lowest BCUT2D eigenvalue weighted by Crippen LogP contribution is -2.14. The van der Waals surface area contributed by atoms with Gasteiger partial charge in [0, 0.05) is 11.1 Å². The summed E-state index contributed by atoms with van der Waals surface area (Å²) in [5, 5.41) is 13.5. The van der Waals surface area contributed by atoms with E-state index in [1.54, 1.807) is 0 Å². The number of thioether (sulfide) groups is 1. The van der Waals surface area contributed by atoms with E-state index in [0.29, 0.717) is 16.6 Å². The quantitative estimate of drug-likeness (QED) is 0.295. The first kappa shape index (κ1) is 22.0. The molecule has 1 N–H and O–H groups in total. The predicted molar refractivity (Wildman–Crippen MR) is 137 cm³/mol. The second-order valence-corrected chi connectivity index (χ2v) is 9.20. The molecule has 5 rings (SSSR count). The number of benzene rings is 3. The molecule has 6 nitrogen and oxygen atoms in total. The number of carbonyl (C=O) groups excluding carboxylic acids is 1. The standard InChI is InChI=1S/C27H24N4O2S/c1-17-13-19(3)26-23(14-17)18(2)15-24-29-30-27(31(24)26)34-16-25(32)28-20-9-11-22(12-10-20)33-21-7-5-4-6-8-21/h4-15H,16H2,1-3H3,(H,28,32). The number of hydrogen-bond donors (Lipinski definition) is 1. The smallest absolute Gasteiger partial charge is 0.234 e. The van der Waals surface area contributed by atoms with Crippen LogP contribution in [0.5, 0.6) is 11.5 Å². The first-order valence-corrected chi connectivity index (χ1v) is 12.0. The number of pyridine rings is 1. The first-order chi connectivity index (χ1) is 16.5. The molecule has 0 saturated carbocycles. The van der Waals surface area contributed by atoms with E-state index in [-0.39, 0.29) is 11.7 Å². The lowest BCUT2D eigenvalue weighted by atomic mass is 10.0. The number of carbonyl (C=O) groups is 1. The summed E-state index contributed by atoms with van der Waals surface area (Å²) in [6.07, 6.45) is 0. The molecule has 0 atom stereocenters. The Bertz CT molecular complexity index is 1490. The zero-order valence-corrected chi connectivity index (χ0v) is 20.0. The van der Waals surface area contributed by atoms with Gasteiger partial charge in [0.15, 0.2) is 10.8 Å². The molecule has 0 bridgehead atoms. The predicted octanol–water partition coefficient (Wildman–Crippen LogP) is 6.33. The van der Waals surface area contributed by atoms with Gasteiger partial charge in [0.25, 0.3) is 0 Å². The topological polar surface area (TPSA) is 68.5 Å². The third kappa shape index (κ3) is 4.47. The van der Waals surface area contributed by atoms with Gasteiger partial charge in [0.2, 0.25) is 5.91 Å². The van der Waals surface area contributed by atoms with Gasteiger partial charge >= 0.3 is 0 Å². The molecule has 3 aromatic carbocycles. The maximum atomic E-state index is 12.6. The molecule has 2 heterocycles. The molecular formula is C27H24N4O2S. The van der Waals surface area contributed by atoms with E-state index in [2.05, 4.69) is 48.4 Å². The molecule has 0 spiro atoms. The maximum Gasteiger partial charge on any atom is 0.234 e. The molecule has 0 aliphatic rings. The molecule has 0 aliphatic carbocycles. The summed E-state index contributed by atoms with van der Waals surface area (Å²) >= 11 is 1.38. The van der Waals surface area contributed by atoms with E-state index in [0.717, 1.165) is 28.0 Å². The Hall–Kier alpha value is -3.84. The fraction of sp³-hybridized carbons (Fsp3) is 0.148. The fourth-order valence-corrected chi connectivity index (χ4v) is 4.81. The molecule has 0 radical (unpaired) electrons. The van der Waals surface area contributed by atoms with Gasteiger partial charge in [-0.05, 0) is 80.4 Å². The van der Waals surface area contributed by atoms with Crippen molar-refractivity contribution in [1.82, 2.24) is 14.6 Å². The van der Waals surface area contributed by atoms with Gasteiger partial charge in [0.05, 0.1) is 11.3 Å². The van der Waals surface area contributed by atoms with Crippen LogP contribution in [0.3, 0.4) is 0 Å². The highest BCUT2D eigenvalue weighted by atomic mass is 32.2. The number of fused-ring (bicyclic) bond motifs is 3. The fourth-order valence-electron chi connectivity index (χ4n) is 4.07. The number of ether oxygens (including phenoxy) is 1. The second-order valence-electron chi connectivity index (χ2n) is 8.26. The van der Waals surface area contributed by atoms with Gasteiger partial charge in [-0.3, -0.25) is 9.20 Å². The Morgan fingerprint density at radius 1 is 0.912 bits per heavy atom. The van der Waals surface area contributed by atoms with Crippen molar-refractivity contribution in [3.63, 3.8) is 0 Å². The van der Waals surface area contributed by atoms with Crippen LogP contribution in [0.1, 0.15) is 16.7 Å². The average Bonchev–Trinajstić information content (AvgIpc) is 3.22. The van der Waals surface area contributed by atoms with Gasteiger partial charge in [-0.15, -0.1) is 10.2 Å². The number of nitrogens with zero attached hydrogens (tertiary/aromatic N) is 3. The largest absolute Gasteiger partial charge is 0.457 e. The molecule has 0 fully saturated rings. The summed E-state index contributed by atoms with van der Waals surface area (Å²) in [7, 11) is 0. The van der Waals surface area contributed by atoms with Crippen molar-refractivity contribution in [3.8, 4) is 11.5 Å². The third-order valence-electron chi connectivity index (χ3n) is 5.55. The Morgan fingerprint density at radius 2 is 1.65 bits per heavy atom. The Kier molecular flexibility index (Phi) is 5.94. The Labute approximate surface area is 202 Å². The van der Waals surface area contributed by atoms with Gasteiger partial charge in [-0.25, -0.2) is 0 Å². The van der Waals surface area contributed by atoms with Gasteiger partial charge in [-0.2, -0.15) is 0 Å². The molecule has 1 amide bonds. The zero-order valence-electron chi connectivity index (χ0n) is 19.2. The van der Waals surface area contributed by atoms with E-state index >= 15 is 0 Å². The number of rotatable bonds is 6. The average molecular weight is 469 g/mol. The van der Waals surface area contributed by atoms with Crippen molar-refractivity contribution in [3.05, 3.63) is 89.5 Å². The molecule has 5 aromatic rings. The number of anilines is 1. The molecule has 0 saturated heterocycles. The van der Waals surface area contributed by atoms with Crippen molar-refractivity contribution < 1.29 is 9.53 Å². The Morgan fingerprint density at radius 3 is 2.41 bits per heavy atom. The Balaban J connectivity index is 1.29. The number of hydrogen-bond acceptors (Lipinski definition) is 5. The molecule has 0 unspecified atom stereocenters. The lowest BCUT2D eigenvalue weighted by molar-refractivity contribution is -0.113. The van der Waals surface area contributed by atoms with Crippen molar-refractivity contribution >= 4 is 39.9 Å². The van der Waals surface area contributed by atoms with Crippen molar-refractivity contribution in [2.24, 2.45) is 0 Å². The zero-order chi connectivity index (χ0) is 23.7. The lowest BCUT2D eigenvalue weighted by Gasteiger charge is -2.11. The molecule has 170 valence electrons. The summed E-state index contributed by atoms with van der Waals surface area (Å²) in [6.45, 7) is 6.29. The van der Waals surface area contributed by atoms with E-state index in [4.69, 9.17) is 4.74 Å². The molecule has 0 aliphatic heterocycles. The van der Waals surface area contributed by atoms with Crippen molar-refractivity contribution in [2.75, 3.05) is 11.1 Å². The molecular weight excluding hydrogens is 444 g/mol. The summed E-state index contributed by atoms with van der Waals surface area (Å²) < 4.78 is 7.85. The highest BCUT2D eigenvalue weighted by Gasteiger charge is 2.15. The number of amides is 1. The molecule has 2 aromatic heterocycles. The van der Waals surface area contributed by atoms with E-state index in [1.165, 1.54) is 22.7 Å². The molecule has 7 heteroatoms. The number of aryl methyl sites for hydroxylation is 3. The van der Waals surface area contributed by atoms with Crippen LogP contribution >= 0.6 is 11.8 Å². The monoisotopic (exact) mass is 468 g/mol. The van der Waals surface area contributed by atoms with Crippen LogP contribution in [-0.2, 0) is 4.79 Å². The van der Waals surface area contributed by atoms with E-state index in [9.17, 15) is 4.79 Å². The number of para-hydroxylation sites is 1. The van der Waals surface area contributed by atoms with Crippen LogP contribution in [-0.4, -0.2) is 26.3 Å². The van der Waals surface area contributed by atoms with Crippen LogP contribution in [0, 0.1) is 20.8 Å². The van der Waals surface area contributed by atoms with E-state index < -0.39 is 0 Å². The maximum absolute atomic E-state index is 12.6. The minimum absolute atomic E-state index is 0.109. The summed E-state index contributed by atoms with van der Waals surface area (Å²) in [5.41, 5.74) is 6.12. The third-order valence-corrected chi connectivity index (χ3v) is 6.48. The van der Waals surface area contributed by atoms with Crippen LogP contribution < -0.4 is 10.1 Å². The highest BCUT2D eigenvalue weighted by Crippen LogP contribution is 2.29. The summed E-state index contributed by atoms with van der Waals surface area (Å²) in [6, 6.07) is 23.3. The van der Waals surface area contributed by atoms with Crippen molar-refractivity contribution in [1.29, 1.82) is 0 Å². The van der Waals surface area contributed by atoms with Gasteiger partial charge in [-0.1, -0.05) is 41.6 Å². The van der Waals surface area contributed by atoms with Gasteiger partial charge < -0.3 is 10.1 Å². The second kappa shape index (κ2) is 9.19. The van der Waals surface area contributed by atoms with Crippen LogP contribution in [0.25, 0.3) is 16.6 Å². The SMILES string of the molecule is Cc1cc(C)c2c(c1)c(C)cc1nnc(SCC(=O)Nc3ccc(Oc4ccccc4)cc3)n12. The van der Waals surface area contributed by atoms with Crippen LogP contribution in [0.2, 0.25) is 0 Å². The number of aromatic nitrogens is 3. The number of nitrogens with one attached hydrogen (secondary N) is 1.